The highest BCUT2D eigenvalue weighted by Crippen LogP contribution is 2.34. The van der Waals surface area contributed by atoms with Crippen LogP contribution >= 0.6 is 0 Å². The van der Waals surface area contributed by atoms with E-state index >= 15 is 0 Å². The Kier molecular flexibility index (Phi) is 6.56. The fourth-order valence-corrected chi connectivity index (χ4v) is 5.46. The SMILES string of the molecule is C/C(=N\O)c1ccc(-n2c3ccc(C(=O)c4ccccc4C)cc3c3cc(C(=O)c4ccccc4C)ccc32)cc1. The van der Waals surface area contributed by atoms with Gasteiger partial charge >= 0.3 is 0 Å². The highest BCUT2D eigenvalue weighted by Gasteiger charge is 2.19. The van der Waals surface area contributed by atoms with Crippen LogP contribution in [0.25, 0.3) is 27.5 Å². The lowest BCUT2D eigenvalue weighted by Crippen LogP contribution is -2.03. The van der Waals surface area contributed by atoms with Crippen molar-refractivity contribution in [2.24, 2.45) is 5.16 Å². The number of carbonyl (C=O) groups excluding carboxylic acids is 2. The molecule has 0 fully saturated rings. The van der Waals surface area contributed by atoms with Crippen LogP contribution in [0.4, 0.5) is 0 Å². The number of rotatable bonds is 6. The first-order valence-electron chi connectivity index (χ1n) is 13.5. The van der Waals surface area contributed by atoms with Crippen molar-refractivity contribution in [3.8, 4) is 5.69 Å². The molecule has 0 unspecified atom stereocenters. The van der Waals surface area contributed by atoms with Crippen molar-refractivity contribution in [2.75, 3.05) is 0 Å². The Hall–Kier alpha value is -5.29. The minimum absolute atomic E-state index is 0.0406. The molecule has 1 aromatic heterocycles. The number of fused-ring (bicyclic) bond motifs is 3. The lowest BCUT2D eigenvalue weighted by Gasteiger charge is -2.10. The van der Waals surface area contributed by atoms with Crippen molar-refractivity contribution < 1.29 is 14.8 Å². The number of ketones is 2. The summed E-state index contributed by atoms with van der Waals surface area (Å²) >= 11 is 0. The fourth-order valence-electron chi connectivity index (χ4n) is 5.46. The quantitative estimate of drug-likeness (QED) is 0.101. The van der Waals surface area contributed by atoms with Crippen LogP contribution in [0.2, 0.25) is 0 Å². The molecule has 5 nitrogen and oxygen atoms in total. The third-order valence-electron chi connectivity index (χ3n) is 7.76. The molecule has 5 aromatic carbocycles. The number of hydrogen-bond acceptors (Lipinski definition) is 4. The summed E-state index contributed by atoms with van der Waals surface area (Å²) in [6, 6.07) is 34.5. The number of nitrogens with zero attached hydrogens (tertiary/aromatic N) is 2. The third-order valence-corrected chi connectivity index (χ3v) is 7.76. The standard InChI is InChI=1S/C36H28N2O3/c1-22-8-4-6-10-29(22)35(39)26-14-18-33-31(20-26)32-21-27(36(40)30-11-7-5-9-23(30)2)15-19-34(32)38(33)28-16-12-25(13-17-28)24(3)37-41/h4-21,41H,1-3H3/b37-24+. The molecule has 0 spiro atoms. The van der Waals surface area contributed by atoms with Gasteiger partial charge in [0, 0.05) is 38.7 Å². The van der Waals surface area contributed by atoms with Gasteiger partial charge in [0.25, 0.3) is 0 Å². The van der Waals surface area contributed by atoms with Gasteiger partial charge in [0.1, 0.15) is 0 Å². The van der Waals surface area contributed by atoms with Crippen LogP contribution in [0.5, 0.6) is 0 Å². The Morgan fingerprint density at radius 3 is 1.49 bits per heavy atom. The van der Waals surface area contributed by atoms with Gasteiger partial charge < -0.3 is 9.77 Å². The molecule has 0 aliphatic carbocycles. The van der Waals surface area contributed by atoms with Gasteiger partial charge in [-0.15, -0.1) is 0 Å². The van der Waals surface area contributed by atoms with Gasteiger partial charge in [0.15, 0.2) is 11.6 Å². The van der Waals surface area contributed by atoms with E-state index in [4.69, 9.17) is 0 Å². The highest BCUT2D eigenvalue weighted by atomic mass is 16.4. The van der Waals surface area contributed by atoms with Crippen LogP contribution < -0.4 is 0 Å². The summed E-state index contributed by atoms with van der Waals surface area (Å²) in [4.78, 5) is 27.1. The van der Waals surface area contributed by atoms with Gasteiger partial charge in [-0.05, 0) is 86.0 Å². The first-order chi connectivity index (χ1) is 19.9. The van der Waals surface area contributed by atoms with Crippen LogP contribution in [-0.4, -0.2) is 27.1 Å². The third kappa shape index (κ3) is 4.51. The summed E-state index contributed by atoms with van der Waals surface area (Å²) < 4.78 is 2.13. The van der Waals surface area contributed by atoms with Crippen molar-refractivity contribution in [1.82, 2.24) is 4.57 Å². The Bertz CT molecular complexity index is 1900. The topological polar surface area (TPSA) is 71.7 Å². The molecule has 1 heterocycles. The van der Waals surface area contributed by atoms with Crippen molar-refractivity contribution >= 4 is 39.1 Å². The summed E-state index contributed by atoms with van der Waals surface area (Å²) in [5.41, 5.74) is 8.45. The maximum absolute atomic E-state index is 13.6. The lowest BCUT2D eigenvalue weighted by atomic mass is 9.96. The van der Waals surface area contributed by atoms with Gasteiger partial charge in [-0.1, -0.05) is 65.8 Å². The second-order valence-corrected chi connectivity index (χ2v) is 10.3. The smallest absolute Gasteiger partial charge is 0.193 e. The van der Waals surface area contributed by atoms with Gasteiger partial charge in [-0.25, -0.2) is 0 Å². The van der Waals surface area contributed by atoms with E-state index in [1.54, 1.807) is 6.92 Å². The first-order valence-corrected chi connectivity index (χ1v) is 13.5. The van der Waals surface area contributed by atoms with E-state index in [-0.39, 0.29) is 11.6 Å². The molecule has 200 valence electrons. The number of aryl methyl sites for hydroxylation is 2. The lowest BCUT2D eigenvalue weighted by molar-refractivity contribution is 0.103. The average molecular weight is 537 g/mol. The van der Waals surface area contributed by atoms with Crippen molar-refractivity contribution in [2.45, 2.75) is 20.8 Å². The van der Waals surface area contributed by atoms with Crippen LogP contribution in [-0.2, 0) is 0 Å². The second-order valence-electron chi connectivity index (χ2n) is 10.3. The average Bonchev–Trinajstić information content (AvgIpc) is 3.33. The molecule has 0 saturated heterocycles. The molecule has 6 rings (SSSR count). The van der Waals surface area contributed by atoms with E-state index in [0.29, 0.717) is 28.0 Å². The number of oxime groups is 1. The van der Waals surface area contributed by atoms with Crippen molar-refractivity contribution in [1.29, 1.82) is 0 Å². The Labute approximate surface area is 238 Å². The van der Waals surface area contributed by atoms with E-state index in [9.17, 15) is 14.8 Å². The van der Waals surface area contributed by atoms with Crippen LogP contribution in [0.3, 0.4) is 0 Å². The molecule has 0 bridgehead atoms. The Morgan fingerprint density at radius 1 is 0.610 bits per heavy atom. The zero-order chi connectivity index (χ0) is 28.7. The summed E-state index contributed by atoms with van der Waals surface area (Å²) in [6.07, 6.45) is 0. The van der Waals surface area contributed by atoms with E-state index in [2.05, 4.69) is 9.72 Å². The monoisotopic (exact) mass is 536 g/mol. The van der Waals surface area contributed by atoms with E-state index in [1.807, 2.05) is 123 Å². The summed E-state index contributed by atoms with van der Waals surface area (Å²) in [6.45, 7) is 5.62. The molecule has 0 aliphatic heterocycles. The summed E-state index contributed by atoms with van der Waals surface area (Å²) in [5, 5.41) is 14.3. The zero-order valence-corrected chi connectivity index (χ0v) is 23.1. The van der Waals surface area contributed by atoms with E-state index < -0.39 is 0 Å². The predicted molar refractivity (Wildman–Crippen MR) is 164 cm³/mol. The van der Waals surface area contributed by atoms with Crippen molar-refractivity contribution in [3.63, 3.8) is 0 Å². The minimum Gasteiger partial charge on any atom is -0.411 e. The first kappa shape index (κ1) is 26.0. The zero-order valence-electron chi connectivity index (χ0n) is 23.1. The predicted octanol–water partition coefficient (Wildman–Crippen LogP) is 8.06. The molecule has 1 N–H and O–H groups in total. The molecule has 0 amide bonds. The molecule has 41 heavy (non-hydrogen) atoms. The maximum Gasteiger partial charge on any atom is 0.193 e. The molecule has 0 radical (unpaired) electrons. The van der Waals surface area contributed by atoms with Crippen LogP contribution in [0, 0.1) is 13.8 Å². The molecule has 6 aromatic rings. The van der Waals surface area contributed by atoms with Gasteiger partial charge in [0.05, 0.1) is 16.7 Å². The number of benzene rings is 5. The van der Waals surface area contributed by atoms with Gasteiger partial charge in [-0.2, -0.15) is 0 Å². The minimum atomic E-state index is -0.0406. The molecule has 0 atom stereocenters. The molecular formula is C36H28N2O3. The molecule has 5 heteroatoms. The molecule has 0 aliphatic rings. The molecule has 0 saturated carbocycles. The fraction of sp³-hybridized carbons (Fsp3) is 0.0833. The number of carbonyl (C=O) groups is 2. The van der Waals surface area contributed by atoms with Gasteiger partial charge in [0.2, 0.25) is 0 Å². The van der Waals surface area contributed by atoms with E-state index in [0.717, 1.165) is 44.2 Å². The highest BCUT2D eigenvalue weighted by molar-refractivity contribution is 6.18. The second kappa shape index (κ2) is 10.4. The Morgan fingerprint density at radius 2 is 1.05 bits per heavy atom. The van der Waals surface area contributed by atoms with Crippen LogP contribution in [0.1, 0.15) is 55.5 Å². The number of aromatic nitrogens is 1. The van der Waals surface area contributed by atoms with E-state index in [1.165, 1.54) is 0 Å². The molecular weight excluding hydrogens is 508 g/mol. The summed E-state index contributed by atoms with van der Waals surface area (Å²) in [7, 11) is 0. The summed E-state index contributed by atoms with van der Waals surface area (Å²) in [5.74, 6) is -0.0812. The Balaban J connectivity index is 1.57. The largest absolute Gasteiger partial charge is 0.411 e. The maximum atomic E-state index is 13.6. The number of hydrogen-bond donors (Lipinski definition) is 1. The van der Waals surface area contributed by atoms with Gasteiger partial charge in [-0.3, -0.25) is 9.59 Å². The van der Waals surface area contributed by atoms with Crippen molar-refractivity contribution in [3.05, 3.63) is 148 Å². The normalized spacial score (nSPS) is 11.7. The van der Waals surface area contributed by atoms with Crippen LogP contribution in [0.15, 0.2) is 114 Å².